The van der Waals surface area contributed by atoms with Gasteiger partial charge in [0.1, 0.15) is 11.6 Å². The second kappa shape index (κ2) is 10.1. The summed E-state index contributed by atoms with van der Waals surface area (Å²) in [7, 11) is 3.36. The number of anilines is 2. The summed E-state index contributed by atoms with van der Waals surface area (Å²) < 4.78 is 18.4. The Morgan fingerprint density at radius 2 is 1.77 bits per heavy atom. The molecule has 1 fully saturated rings. The average Bonchev–Trinajstić information content (AvgIpc) is 2.73. The maximum atomic E-state index is 13.2. The fourth-order valence-corrected chi connectivity index (χ4v) is 3.41. The van der Waals surface area contributed by atoms with Gasteiger partial charge in [-0.25, -0.2) is 4.39 Å². The minimum absolute atomic E-state index is 0.00886. The number of nitrogens with zero attached hydrogens (tertiary/aromatic N) is 3. The number of ether oxygens (including phenoxy) is 1. The SMILES string of the molecule is COc1ccc(N2CCN(C(=O)CN(C)CC(=O)Nc3cccc(F)c3)CC2)cc1. The van der Waals surface area contributed by atoms with E-state index in [0.717, 1.165) is 24.5 Å². The van der Waals surface area contributed by atoms with Gasteiger partial charge in [-0.2, -0.15) is 0 Å². The van der Waals surface area contributed by atoms with Crippen LogP contribution in [-0.2, 0) is 9.59 Å². The summed E-state index contributed by atoms with van der Waals surface area (Å²) in [6.07, 6.45) is 0. The number of carbonyl (C=O) groups is 2. The Bertz CT molecular complexity index is 867. The van der Waals surface area contributed by atoms with Gasteiger partial charge < -0.3 is 19.9 Å². The molecule has 1 saturated heterocycles. The van der Waals surface area contributed by atoms with Gasteiger partial charge in [0.15, 0.2) is 0 Å². The molecule has 0 unspecified atom stereocenters. The van der Waals surface area contributed by atoms with E-state index in [4.69, 9.17) is 4.74 Å². The number of hydrogen-bond donors (Lipinski definition) is 1. The third-order valence-electron chi connectivity index (χ3n) is 5.00. The maximum absolute atomic E-state index is 13.2. The molecule has 0 atom stereocenters. The number of likely N-dealkylation sites (N-methyl/N-ethyl adjacent to an activating group) is 1. The van der Waals surface area contributed by atoms with Crippen LogP contribution in [0.25, 0.3) is 0 Å². The molecule has 1 N–H and O–H groups in total. The summed E-state index contributed by atoms with van der Waals surface area (Å²) in [5.74, 6) is 0.104. The summed E-state index contributed by atoms with van der Waals surface area (Å²) in [6, 6.07) is 13.6. The normalized spacial score (nSPS) is 14.0. The van der Waals surface area contributed by atoms with Crippen molar-refractivity contribution >= 4 is 23.2 Å². The smallest absolute Gasteiger partial charge is 0.238 e. The number of benzene rings is 2. The van der Waals surface area contributed by atoms with Gasteiger partial charge in [0.05, 0.1) is 20.2 Å². The van der Waals surface area contributed by atoms with Gasteiger partial charge in [-0.3, -0.25) is 14.5 Å². The summed E-state index contributed by atoms with van der Waals surface area (Å²) in [5, 5.41) is 2.64. The zero-order valence-electron chi connectivity index (χ0n) is 17.3. The fourth-order valence-electron chi connectivity index (χ4n) is 3.41. The molecule has 7 nitrogen and oxygen atoms in total. The van der Waals surface area contributed by atoms with Crippen LogP contribution in [-0.4, -0.2) is 75.0 Å². The van der Waals surface area contributed by atoms with Crippen LogP contribution in [0, 0.1) is 5.82 Å². The molecule has 2 aromatic rings. The predicted octanol–water partition coefficient (Wildman–Crippen LogP) is 2.05. The minimum Gasteiger partial charge on any atom is -0.497 e. The Labute approximate surface area is 176 Å². The zero-order valence-corrected chi connectivity index (χ0v) is 17.3. The first-order valence-electron chi connectivity index (χ1n) is 9.85. The number of methoxy groups -OCH3 is 1. The molecule has 0 saturated carbocycles. The van der Waals surface area contributed by atoms with Gasteiger partial charge in [0, 0.05) is 37.6 Å². The van der Waals surface area contributed by atoms with Crippen molar-refractivity contribution in [3.8, 4) is 5.75 Å². The maximum Gasteiger partial charge on any atom is 0.238 e. The molecule has 160 valence electrons. The molecule has 0 aliphatic carbocycles. The van der Waals surface area contributed by atoms with E-state index in [0.29, 0.717) is 18.8 Å². The van der Waals surface area contributed by atoms with Crippen LogP contribution in [0.3, 0.4) is 0 Å². The molecule has 1 aliphatic heterocycles. The zero-order chi connectivity index (χ0) is 21.5. The van der Waals surface area contributed by atoms with E-state index in [1.54, 1.807) is 25.1 Å². The number of amides is 2. The molecule has 30 heavy (non-hydrogen) atoms. The Morgan fingerprint density at radius 3 is 2.40 bits per heavy atom. The van der Waals surface area contributed by atoms with Crippen molar-refractivity contribution in [1.82, 2.24) is 9.80 Å². The van der Waals surface area contributed by atoms with Gasteiger partial charge in [-0.15, -0.1) is 0 Å². The molecule has 0 radical (unpaired) electrons. The van der Waals surface area contributed by atoms with E-state index in [1.165, 1.54) is 18.2 Å². The Morgan fingerprint density at radius 1 is 1.07 bits per heavy atom. The largest absolute Gasteiger partial charge is 0.497 e. The Hall–Kier alpha value is -3.13. The lowest BCUT2D eigenvalue weighted by Crippen LogP contribution is -2.51. The van der Waals surface area contributed by atoms with Crippen molar-refractivity contribution < 1.29 is 18.7 Å². The Kier molecular flexibility index (Phi) is 7.24. The van der Waals surface area contributed by atoms with Crippen LogP contribution in [0.1, 0.15) is 0 Å². The Balaban J connectivity index is 1.42. The second-order valence-electron chi connectivity index (χ2n) is 7.30. The van der Waals surface area contributed by atoms with Gasteiger partial charge in [-0.05, 0) is 49.5 Å². The number of halogens is 1. The summed E-state index contributed by atoms with van der Waals surface area (Å²) in [4.78, 5) is 30.4. The first kappa shape index (κ1) is 21.6. The highest BCUT2D eigenvalue weighted by Crippen LogP contribution is 2.20. The van der Waals surface area contributed by atoms with Crippen LogP contribution in [0.4, 0.5) is 15.8 Å². The van der Waals surface area contributed by atoms with Crippen LogP contribution in [0.15, 0.2) is 48.5 Å². The van der Waals surface area contributed by atoms with Crippen LogP contribution < -0.4 is 15.0 Å². The van der Waals surface area contributed by atoms with E-state index < -0.39 is 5.82 Å². The highest BCUT2D eigenvalue weighted by atomic mass is 19.1. The molecular formula is C22H27FN4O3. The molecule has 8 heteroatoms. The highest BCUT2D eigenvalue weighted by molar-refractivity contribution is 5.92. The van der Waals surface area contributed by atoms with Crippen molar-refractivity contribution in [3.05, 3.63) is 54.3 Å². The van der Waals surface area contributed by atoms with Crippen LogP contribution >= 0.6 is 0 Å². The van der Waals surface area contributed by atoms with Crippen molar-refractivity contribution in [1.29, 1.82) is 0 Å². The average molecular weight is 414 g/mol. The quantitative estimate of drug-likeness (QED) is 0.751. The lowest BCUT2D eigenvalue weighted by Gasteiger charge is -2.36. The standard InChI is InChI=1S/C22H27FN4O3/c1-25(15-21(28)24-18-5-3-4-17(23)14-18)16-22(29)27-12-10-26(11-13-27)19-6-8-20(30-2)9-7-19/h3-9,14H,10-13,15-16H2,1-2H3,(H,24,28). The van der Waals surface area contributed by atoms with Gasteiger partial charge in [0.2, 0.25) is 11.8 Å². The van der Waals surface area contributed by atoms with E-state index in [1.807, 2.05) is 29.2 Å². The highest BCUT2D eigenvalue weighted by Gasteiger charge is 2.22. The molecular weight excluding hydrogens is 387 g/mol. The lowest BCUT2D eigenvalue weighted by atomic mass is 10.2. The predicted molar refractivity (Wildman–Crippen MR) is 114 cm³/mol. The van der Waals surface area contributed by atoms with Crippen molar-refractivity contribution in [2.75, 3.05) is 63.6 Å². The second-order valence-corrected chi connectivity index (χ2v) is 7.30. The molecule has 0 bridgehead atoms. The number of piperazine rings is 1. The number of nitrogens with one attached hydrogen (secondary N) is 1. The van der Waals surface area contributed by atoms with Gasteiger partial charge in [-0.1, -0.05) is 6.07 Å². The number of hydrogen-bond acceptors (Lipinski definition) is 5. The van der Waals surface area contributed by atoms with Crippen molar-refractivity contribution in [2.24, 2.45) is 0 Å². The molecule has 2 aromatic carbocycles. The van der Waals surface area contributed by atoms with Crippen molar-refractivity contribution in [2.45, 2.75) is 0 Å². The third kappa shape index (κ3) is 5.93. The summed E-state index contributed by atoms with van der Waals surface area (Å²) >= 11 is 0. The molecule has 1 aliphatic rings. The minimum atomic E-state index is -0.412. The number of carbonyl (C=O) groups excluding carboxylic acids is 2. The summed E-state index contributed by atoms with van der Waals surface area (Å²) in [6.45, 7) is 2.97. The van der Waals surface area contributed by atoms with Gasteiger partial charge >= 0.3 is 0 Å². The lowest BCUT2D eigenvalue weighted by molar-refractivity contribution is -0.132. The third-order valence-corrected chi connectivity index (χ3v) is 5.00. The van der Waals surface area contributed by atoms with Crippen LogP contribution in [0.5, 0.6) is 5.75 Å². The molecule has 2 amide bonds. The van der Waals surface area contributed by atoms with Crippen LogP contribution in [0.2, 0.25) is 0 Å². The fraction of sp³-hybridized carbons (Fsp3) is 0.364. The summed E-state index contributed by atoms with van der Waals surface area (Å²) in [5.41, 5.74) is 1.50. The molecule has 0 spiro atoms. The van der Waals surface area contributed by atoms with Gasteiger partial charge in [0.25, 0.3) is 0 Å². The van der Waals surface area contributed by atoms with E-state index >= 15 is 0 Å². The van der Waals surface area contributed by atoms with E-state index in [9.17, 15) is 14.0 Å². The van der Waals surface area contributed by atoms with Crippen molar-refractivity contribution in [3.63, 3.8) is 0 Å². The molecule has 0 aromatic heterocycles. The molecule has 1 heterocycles. The van der Waals surface area contributed by atoms with E-state index in [2.05, 4.69) is 10.2 Å². The monoisotopic (exact) mass is 414 g/mol. The molecule has 3 rings (SSSR count). The van der Waals surface area contributed by atoms with E-state index in [-0.39, 0.29) is 24.9 Å². The first-order valence-corrected chi connectivity index (χ1v) is 9.85. The number of rotatable bonds is 7. The topological polar surface area (TPSA) is 65.1 Å². The first-order chi connectivity index (χ1) is 14.4.